The van der Waals surface area contributed by atoms with E-state index < -0.39 is 15.9 Å². The van der Waals surface area contributed by atoms with Crippen LogP contribution in [0.2, 0.25) is 0 Å². The lowest BCUT2D eigenvalue weighted by atomic mass is 10.0. The van der Waals surface area contributed by atoms with Gasteiger partial charge in [0.1, 0.15) is 6.10 Å². The van der Waals surface area contributed by atoms with Crippen LogP contribution in [0, 0.1) is 0 Å². The molecule has 0 bridgehead atoms. The van der Waals surface area contributed by atoms with Gasteiger partial charge < -0.3 is 5.11 Å². The van der Waals surface area contributed by atoms with Gasteiger partial charge in [-0.3, -0.25) is 0 Å². The van der Waals surface area contributed by atoms with Gasteiger partial charge in [-0.15, -0.1) is 0 Å². The Labute approximate surface area is 113 Å². The fraction of sp³-hybridized carbons (Fsp3) is 0.200. The fourth-order valence-corrected chi connectivity index (χ4v) is 2.74. The summed E-state index contributed by atoms with van der Waals surface area (Å²) in [4.78, 5) is 0.291. The number of aliphatic hydroxyl groups is 1. The van der Waals surface area contributed by atoms with Crippen molar-refractivity contribution in [1.82, 2.24) is 0 Å². The molecular formula is C15H16O3S. The summed E-state index contributed by atoms with van der Waals surface area (Å²) in [6, 6.07) is 15.7. The number of aliphatic hydroxyl groups excluding tert-OH is 1. The maximum atomic E-state index is 11.7. The molecule has 0 aromatic heterocycles. The second kappa shape index (κ2) is 5.55. The normalized spacial score (nSPS) is 13.2. The number of sulfone groups is 1. The van der Waals surface area contributed by atoms with Gasteiger partial charge in [0, 0.05) is 0 Å². The first-order valence-corrected chi connectivity index (χ1v) is 7.75. The molecule has 0 saturated carbocycles. The Morgan fingerprint density at radius 2 is 1.47 bits per heavy atom. The lowest BCUT2D eigenvalue weighted by Crippen LogP contribution is -2.05. The van der Waals surface area contributed by atoms with Crippen LogP contribution in [-0.4, -0.2) is 19.3 Å². The Morgan fingerprint density at radius 3 is 2.00 bits per heavy atom. The summed E-state index contributed by atoms with van der Waals surface area (Å²) in [5.74, 6) is 0.0770. The van der Waals surface area contributed by atoms with Gasteiger partial charge in [-0.05, 0) is 23.3 Å². The number of rotatable bonds is 4. The molecule has 3 nitrogen and oxygen atoms in total. The minimum absolute atomic E-state index is 0.0770. The van der Waals surface area contributed by atoms with Gasteiger partial charge in [0.15, 0.2) is 9.84 Å². The van der Waals surface area contributed by atoms with Gasteiger partial charge >= 0.3 is 0 Å². The summed E-state index contributed by atoms with van der Waals surface area (Å²) in [5, 5.41) is 10.2. The highest BCUT2D eigenvalue weighted by molar-refractivity contribution is 7.91. The van der Waals surface area contributed by atoms with Gasteiger partial charge in [-0.2, -0.15) is 0 Å². The van der Waals surface area contributed by atoms with Crippen LogP contribution in [0.15, 0.2) is 59.5 Å². The van der Waals surface area contributed by atoms with Crippen molar-refractivity contribution in [3.05, 3.63) is 65.7 Å². The van der Waals surface area contributed by atoms with Crippen LogP contribution >= 0.6 is 0 Å². The Morgan fingerprint density at radius 1 is 0.947 bits per heavy atom. The Hall–Kier alpha value is -1.65. The van der Waals surface area contributed by atoms with E-state index in [9.17, 15) is 13.5 Å². The summed E-state index contributed by atoms with van der Waals surface area (Å²) < 4.78 is 23.4. The van der Waals surface area contributed by atoms with Crippen molar-refractivity contribution in [2.24, 2.45) is 0 Å². The summed E-state index contributed by atoms with van der Waals surface area (Å²) >= 11 is 0. The SMILES string of the molecule is CCS(=O)(=O)c1ccc(C(O)c2ccccc2)cc1. The number of benzene rings is 2. The van der Waals surface area contributed by atoms with Crippen molar-refractivity contribution in [3.63, 3.8) is 0 Å². The van der Waals surface area contributed by atoms with Crippen molar-refractivity contribution in [2.45, 2.75) is 17.9 Å². The fourth-order valence-electron chi connectivity index (χ4n) is 1.85. The highest BCUT2D eigenvalue weighted by atomic mass is 32.2. The lowest BCUT2D eigenvalue weighted by molar-refractivity contribution is 0.220. The van der Waals surface area contributed by atoms with Crippen LogP contribution < -0.4 is 0 Å². The van der Waals surface area contributed by atoms with Gasteiger partial charge in [0.2, 0.25) is 0 Å². The molecule has 19 heavy (non-hydrogen) atoms. The monoisotopic (exact) mass is 276 g/mol. The zero-order chi connectivity index (χ0) is 13.9. The quantitative estimate of drug-likeness (QED) is 0.933. The smallest absolute Gasteiger partial charge is 0.178 e. The van der Waals surface area contributed by atoms with Crippen LogP contribution in [0.25, 0.3) is 0 Å². The predicted molar refractivity (Wildman–Crippen MR) is 74.7 cm³/mol. The average Bonchev–Trinajstić information content (AvgIpc) is 2.47. The molecule has 2 aromatic rings. The first kappa shape index (κ1) is 13.8. The van der Waals surface area contributed by atoms with Crippen molar-refractivity contribution >= 4 is 9.84 Å². The number of hydrogen-bond acceptors (Lipinski definition) is 3. The second-order valence-electron chi connectivity index (χ2n) is 4.29. The third-order valence-corrected chi connectivity index (χ3v) is 4.80. The molecule has 0 saturated heterocycles. The van der Waals surface area contributed by atoms with Gasteiger partial charge in [-0.25, -0.2) is 8.42 Å². The van der Waals surface area contributed by atoms with Crippen molar-refractivity contribution in [1.29, 1.82) is 0 Å². The third-order valence-electron chi connectivity index (χ3n) is 3.05. The number of hydrogen-bond donors (Lipinski definition) is 1. The van der Waals surface area contributed by atoms with Crippen molar-refractivity contribution in [3.8, 4) is 0 Å². The molecule has 0 heterocycles. The average molecular weight is 276 g/mol. The van der Waals surface area contributed by atoms with Crippen LogP contribution in [0.5, 0.6) is 0 Å². The van der Waals surface area contributed by atoms with Crippen molar-refractivity contribution < 1.29 is 13.5 Å². The maximum absolute atomic E-state index is 11.7. The summed E-state index contributed by atoms with van der Waals surface area (Å²) in [6.45, 7) is 1.61. The van der Waals surface area contributed by atoms with Gasteiger partial charge in [0.05, 0.1) is 10.6 Å². The van der Waals surface area contributed by atoms with E-state index in [-0.39, 0.29) is 5.75 Å². The molecule has 1 atom stereocenters. The lowest BCUT2D eigenvalue weighted by Gasteiger charge is -2.12. The molecule has 0 amide bonds. The van der Waals surface area contributed by atoms with E-state index in [0.29, 0.717) is 10.5 Å². The molecule has 0 aliphatic carbocycles. The molecule has 0 fully saturated rings. The Bertz CT molecular complexity index is 631. The van der Waals surface area contributed by atoms with E-state index >= 15 is 0 Å². The van der Waals surface area contributed by atoms with E-state index in [0.717, 1.165) is 5.56 Å². The second-order valence-corrected chi connectivity index (χ2v) is 6.56. The molecule has 4 heteroatoms. The highest BCUT2D eigenvalue weighted by Crippen LogP contribution is 2.23. The van der Waals surface area contributed by atoms with E-state index in [1.165, 1.54) is 0 Å². The van der Waals surface area contributed by atoms with Crippen LogP contribution in [0.3, 0.4) is 0 Å². The molecule has 1 unspecified atom stereocenters. The zero-order valence-corrected chi connectivity index (χ0v) is 11.5. The van der Waals surface area contributed by atoms with Gasteiger partial charge in [-0.1, -0.05) is 49.4 Å². The third kappa shape index (κ3) is 3.03. The molecule has 0 aliphatic rings. The molecule has 0 radical (unpaired) electrons. The van der Waals surface area contributed by atoms with E-state index in [2.05, 4.69) is 0 Å². The maximum Gasteiger partial charge on any atom is 0.178 e. The van der Waals surface area contributed by atoms with E-state index in [1.807, 2.05) is 30.3 Å². The molecule has 0 spiro atoms. The first-order chi connectivity index (χ1) is 9.04. The Balaban J connectivity index is 2.29. The molecule has 2 rings (SSSR count). The summed E-state index contributed by atoms with van der Waals surface area (Å²) in [6.07, 6.45) is -0.736. The van der Waals surface area contributed by atoms with E-state index in [1.54, 1.807) is 31.2 Å². The van der Waals surface area contributed by atoms with Crippen LogP contribution in [-0.2, 0) is 9.84 Å². The van der Waals surface area contributed by atoms with Crippen molar-refractivity contribution in [2.75, 3.05) is 5.75 Å². The highest BCUT2D eigenvalue weighted by Gasteiger charge is 2.14. The molecule has 100 valence electrons. The molecule has 1 N–H and O–H groups in total. The Kier molecular flexibility index (Phi) is 4.02. The van der Waals surface area contributed by atoms with Crippen LogP contribution in [0.4, 0.5) is 0 Å². The molecule has 2 aromatic carbocycles. The zero-order valence-electron chi connectivity index (χ0n) is 10.7. The molecule has 0 aliphatic heterocycles. The van der Waals surface area contributed by atoms with Crippen LogP contribution in [0.1, 0.15) is 24.2 Å². The minimum atomic E-state index is -3.19. The summed E-state index contributed by atoms with van der Waals surface area (Å²) in [5.41, 5.74) is 1.47. The standard InChI is InChI=1S/C15H16O3S/c1-2-19(17,18)14-10-8-13(9-11-14)15(16)12-6-4-3-5-7-12/h3-11,15-16H,2H2,1H3. The topological polar surface area (TPSA) is 54.4 Å². The largest absolute Gasteiger partial charge is 0.384 e. The minimum Gasteiger partial charge on any atom is -0.384 e. The van der Waals surface area contributed by atoms with Gasteiger partial charge in [0.25, 0.3) is 0 Å². The summed E-state index contributed by atoms with van der Waals surface area (Å²) in [7, 11) is -3.19. The first-order valence-electron chi connectivity index (χ1n) is 6.10. The predicted octanol–water partition coefficient (Wildman–Crippen LogP) is 2.56. The van der Waals surface area contributed by atoms with E-state index in [4.69, 9.17) is 0 Å². The molecular weight excluding hydrogens is 260 g/mol.